The Morgan fingerprint density at radius 3 is 2.12 bits per heavy atom. The number of nitrogens with one attached hydrogen (secondary N) is 1. The van der Waals surface area contributed by atoms with Crippen LogP contribution in [0.25, 0.3) is 0 Å². The van der Waals surface area contributed by atoms with Gasteiger partial charge in [0.25, 0.3) is 0 Å². The predicted octanol–water partition coefficient (Wildman–Crippen LogP) is 2.27. The van der Waals surface area contributed by atoms with Crippen LogP contribution in [-0.4, -0.2) is 39.9 Å². The van der Waals surface area contributed by atoms with Gasteiger partial charge in [-0.3, -0.25) is 4.79 Å². The normalized spacial score (nSPS) is 13.5. The first-order chi connectivity index (χ1) is 12.0. The van der Waals surface area contributed by atoms with Crippen molar-refractivity contribution < 1.29 is 29.3 Å². The number of anilines is 1. The molecule has 8 heteroatoms. The molecule has 1 unspecified atom stereocenters. The standard InChI is InChI=1S/C18H26N2O6/c1-18(2,3)26-17(25)20-14(16(23)24)9-6-12(15(21)22)10-11-4-7-13(19)8-5-11/h4-5,7-8,12,14H,6,9-10,19H2,1-3H3,(H,20,25)(H,21,22)(H,23,24)/t12?,14-/m0/s1. The Labute approximate surface area is 152 Å². The molecule has 1 amide bonds. The molecule has 2 atom stereocenters. The van der Waals surface area contributed by atoms with E-state index in [0.29, 0.717) is 5.69 Å². The van der Waals surface area contributed by atoms with E-state index in [1.807, 2.05) is 0 Å². The molecule has 1 aromatic carbocycles. The molecule has 0 spiro atoms. The molecule has 5 N–H and O–H groups in total. The van der Waals surface area contributed by atoms with E-state index in [1.165, 1.54) is 0 Å². The Morgan fingerprint density at radius 2 is 1.65 bits per heavy atom. The molecule has 144 valence electrons. The molecule has 1 rings (SSSR count). The van der Waals surface area contributed by atoms with E-state index in [0.717, 1.165) is 5.56 Å². The maximum atomic E-state index is 11.8. The van der Waals surface area contributed by atoms with Crippen LogP contribution in [0.15, 0.2) is 24.3 Å². The average molecular weight is 366 g/mol. The topological polar surface area (TPSA) is 139 Å². The van der Waals surface area contributed by atoms with Gasteiger partial charge in [-0.15, -0.1) is 0 Å². The number of hydrogen-bond acceptors (Lipinski definition) is 5. The van der Waals surface area contributed by atoms with E-state index in [9.17, 15) is 24.6 Å². The second kappa shape index (κ2) is 9.07. The lowest BCUT2D eigenvalue weighted by atomic mass is 9.93. The van der Waals surface area contributed by atoms with E-state index in [1.54, 1.807) is 45.0 Å². The number of ether oxygens (including phenoxy) is 1. The van der Waals surface area contributed by atoms with Gasteiger partial charge < -0.3 is 26.0 Å². The zero-order valence-corrected chi connectivity index (χ0v) is 15.2. The number of benzene rings is 1. The molecule has 8 nitrogen and oxygen atoms in total. The number of rotatable bonds is 8. The van der Waals surface area contributed by atoms with Crippen LogP contribution in [0, 0.1) is 5.92 Å². The number of amides is 1. The quantitative estimate of drug-likeness (QED) is 0.517. The van der Waals surface area contributed by atoms with Gasteiger partial charge in [0.2, 0.25) is 0 Å². The highest BCUT2D eigenvalue weighted by Gasteiger charge is 2.26. The molecule has 0 aliphatic rings. The predicted molar refractivity (Wildman–Crippen MR) is 95.7 cm³/mol. The molecule has 26 heavy (non-hydrogen) atoms. The van der Waals surface area contributed by atoms with Crippen molar-refractivity contribution in [1.82, 2.24) is 5.32 Å². The smallest absolute Gasteiger partial charge is 0.408 e. The summed E-state index contributed by atoms with van der Waals surface area (Å²) in [4.78, 5) is 34.6. The first-order valence-corrected chi connectivity index (χ1v) is 8.27. The minimum Gasteiger partial charge on any atom is -0.481 e. The van der Waals surface area contributed by atoms with Crippen LogP contribution in [0.2, 0.25) is 0 Å². The summed E-state index contributed by atoms with van der Waals surface area (Å²) in [5.74, 6) is -3.04. The van der Waals surface area contributed by atoms with Crippen LogP contribution in [0.5, 0.6) is 0 Å². The van der Waals surface area contributed by atoms with Crippen molar-refractivity contribution in [2.45, 2.75) is 51.7 Å². The average Bonchev–Trinajstić information content (AvgIpc) is 2.49. The molecule has 0 saturated heterocycles. The van der Waals surface area contributed by atoms with Gasteiger partial charge in [0, 0.05) is 5.69 Å². The first-order valence-electron chi connectivity index (χ1n) is 8.27. The summed E-state index contributed by atoms with van der Waals surface area (Å²) in [6, 6.07) is 5.60. The number of carbonyl (C=O) groups excluding carboxylic acids is 1. The van der Waals surface area contributed by atoms with Gasteiger partial charge in [-0.05, 0) is 57.7 Å². The number of nitrogens with two attached hydrogens (primary N) is 1. The highest BCUT2D eigenvalue weighted by atomic mass is 16.6. The second-order valence-electron chi connectivity index (χ2n) is 7.10. The van der Waals surface area contributed by atoms with Gasteiger partial charge in [-0.25, -0.2) is 9.59 Å². The lowest BCUT2D eigenvalue weighted by Gasteiger charge is -2.22. The van der Waals surface area contributed by atoms with Gasteiger partial charge in [-0.1, -0.05) is 12.1 Å². The number of alkyl carbamates (subject to hydrolysis) is 1. The molecule has 0 heterocycles. The van der Waals surface area contributed by atoms with E-state index in [-0.39, 0.29) is 19.3 Å². The number of carbonyl (C=O) groups is 3. The number of carboxylic acids is 2. The van der Waals surface area contributed by atoms with Crippen molar-refractivity contribution in [1.29, 1.82) is 0 Å². The number of carboxylic acid groups (broad SMARTS) is 2. The van der Waals surface area contributed by atoms with Crippen molar-refractivity contribution in [2.75, 3.05) is 5.73 Å². The largest absolute Gasteiger partial charge is 0.481 e. The van der Waals surface area contributed by atoms with Gasteiger partial charge >= 0.3 is 18.0 Å². The third-order valence-electron chi connectivity index (χ3n) is 3.60. The van der Waals surface area contributed by atoms with E-state index in [4.69, 9.17) is 10.5 Å². The van der Waals surface area contributed by atoms with E-state index >= 15 is 0 Å². The Bertz CT molecular complexity index is 636. The van der Waals surface area contributed by atoms with Crippen molar-refractivity contribution in [3.8, 4) is 0 Å². The highest BCUT2D eigenvalue weighted by Crippen LogP contribution is 2.18. The summed E-state index contributed by atoms with van der Waals surface area (Å²) in [6.07, 6.45) is -0.545. The Kier molecular flexibility index (Phi) is 7.42. The Morgan fingerprint density at radius 1 is 1.08 bits per heavy atom. The number of hydrogen-bond donors (Lipinski definition) is 4. The van der Waals surface area contributed by atoms with Gasteiger partial charge in [0.1, 0.15) is 11.6 Å². The fourth-order valence-electron chi connectivity index (χ4n) is 2.33. The SMILES string of the molecule is CC(C)(C)OC(=O)N[C@@H](CCC(Cc1ccc(N)cc1)C(=O)O)C(=O)O. The fourth-order valence-corrected chi connectivity index (χ4v) is 2.33. The van der Waals surface area contributed by atoms with Crippen LogP contribution in [-0.2, 0) is 20.7 Å². The van der Waals surface area contributed by atoms with Crippen LogP contribution < -0.4 is 11.1 Å². The minimum absolute atomic E-state index is 0.0273. The third kappa shape index (κ3) is 7.87. The molecule has 0 aliphatic heterocycles. The van der Waals surface area contributed by atoms with E-state index < -0.39 is 35.6 Å². The first kappa shape index (κ1) is 21.3. The minimum atomic E-state index is -1.24. The van der Waals surface area contributed by atoms with Crippen molar-refractivity contribution >= 4 is 23.7 Å². The van der Waals surface area contributed by atoms with Crippen LogP contribution in [0.4, 0.5) is 10.5 Å². The molecule has 0 aliphatic carbocycles. The molecule has 1 aromatic rings. The maximum Gasteiger partial charge on any atom is 0.408 e. The van der Waals surface area contributed by atoms with Crippen molar-refractivity contribution in [3.05, 3.63) is 29.8 Å². The molecular formula is C18H26N2O6. The Hall–Kier alpha value is -2.77. The summed E-state index contributed by atoms with van der Waals surface area (Å²) in [5, 5.41) is 20.9. The molecule has 0 bridgehead atoms. The third-order valence-corrected chi connectivity index (χ3v) is 3.60. The maximum absolute atomic E-state index is 11.8. The molecule has 0 aromatic heterocycles. The molecular weight excluding hydrogens is 340 g/mol. The fraction of sp³-hybridized carbons (Fsp3) is 0.500. The molecule has 0 saturated carbocycles. The molecule has 0 radical (unpaired) electrons. The summed E-state index contributed by atoms with van der Waals surface area (Å²) in [5.41, 5.74) is 6.21. The summed E-state index contributed by atoms with van der Waals surface area (Å²) >= 11 is 0. The van der Waals surface area contributed by atoms with Crippen molar-refractivity contribution in [3.63, 3.8) is 0 Å². The van der Waals surface area contributed by atoms with Gasteiger partial charge in [0.05, 0.1) is 5.92 Å². The van der Waals surface area contributed by atoms with E-state index in [2.05, 4.69) is 5.32 Å². The van der Waals surface area contributed by atoms with Gasteiger partial charge in [-0.2, -0.15) is 0 Å². The zero-order chi connectivity index (χ0) is 19.9. The summed E-state index contributed by atoms with van der Waals surface area (Å²) in [7, 11) is 0. The van der Waals surface area contributed by atoms with Crippen LogP contribution in [0.1, 0.15) is 39.2 Å². The lowest BCUT2D eigenvalue weighted by Crippen LogP contribution is -2.43. The number of aliphatic carboxylic acids is 2. The Balaban J connectivity index is 2.68. The highest BCUT2D eigenvalue weighted by molar-refractivity contribution is 5.80. The summed E-state index contributed by atoms with van der Waals surface area (Å²) < 4.78 is 5.04. The van der Waals surface area contributed by atoms with Gasteiger partial charge in [0.15, 0.2) is 0 Å². The molecule has 0 fully saturated rings. The van der Waals surface area contributed by atoms with Crippen LogP contribution in [0.3, 0.4) is 0 Å². The van der Waals surface area contributed by atoms with Crippen LogP contribution >= 0.6 is 0 Å². The zero-order valence-electron chi connectivity index (χ0n) is 15.2. The lowest BCUT2D eigenvalue weighted by molar-refractivity contribution is -0.143. The second-order valence-corrected chi connectivity index (χ2v) is 7.10. The monoisotopic (exact) mass is 366 g/mol. The van der Waals surface area contributed by atoms with Crippen molar-refractivity contribution in [2.24, 2.45) is 5.92 Å². The number of nitrogen functional groups attached to an aromatic ring is 1. The summed E-state index contributed by atoms with van der Waals surface area (Å²) in [6.45, 7) is 4.99.